The maximum Gasteiger partial charge on any atom is 0.326 e. The zero-order valence-electron chi connectivity index (χ0n) is 18.9. The minimum absolute atomic E-state index is 0.0257. The van der Waals surface area contributed by atoms with E-state index in [-0.39, 0.29) is 24.7 Å². The molecule has 4 rings (SSSR count). The number of carboxylic acid groups (broad SMARTS) is 1. The summed E-state index contributed by atoms with van der Waals surface area (Å²) in [7, 11) is 0. The molecule has 9 N–H and O–H groups in total. The van der Waals surface area contributed by atoms with Crippen LogP contribution in [0.5, 0.6) is 0 Å². The Morgan fingerprint density at radius 1 is 1.08 bits per heavy atom. The summed E-state index contributed by atoms with van der Waals surface area (Å²) < 4.78 is 0. The average Bonchev–Trinajstić information content (AvgIpc) is 3.50. The van der Waals surface area contributed by atoms with Crippen LogP contribution < -0.4 is 22.1 Å². The van der Waals surface area contributed by atoms with Gasteiger partial charge < -0.3 is 26.9 Å². The number of nitrogens with two attached hydrogens (primary N) is 2. The predicted molar refractivity (Wildman–Crippen MR) is 127 cm³/mol. The van der Waals surface area contributed by atoms with Gasteiger partial charge in [0.2, 0.25) is 11.9 Å². The third-order valence-electron chi connectivity index (χ3n) is 5.42. The van der Waals surface area contributed by atoms with Crippen LogP contribution >= 0.6 is 0 Å². The molecular weight excluding hydrogens is 470 g/mol. The fourth-order valence-electron chi connectivity index (χ4n) is 3.62. The molecule has 3 heterocycles. The zero-order valence-corrected chi connectivity index (χ0v) is 18.9. The lowest BCUT2D eigenvalue weighted by atomic mass is 10.0. The molecule has 3 aromatic heterocycles. The fourth-order valence-corrected chi connectivity index (χ4v) is 3.62. The van der Waals surface area contributed by atoms with Gasteiger partial charge in [0, 0.05) is 18.2 Å². The van der Waals surface area contributed by atoms with E-state index < -0.39 is 23.8 Å². The van der Waals surface area contributed by atoms with Crippen molar-refractivity contribution in [1.82, 2.24) is 40.9 Å². The first-order valence-electron chi connectivity index (χ1n) is 10.8. The molecule has 15 heteroatoms. The third kappa shape index (κ3) is 5.69. The first kappa shape index (κ1) is 24.1. The Morgan fingerprint density at radius 3 is 2.56 bits per heavy atom. The van der Waals surface area contributed by atoms with Crippen LogP contribution in [0, 0.1) is 0 Å². The number of amides is 2. The molecule has 0 aliphatic heterocycles. The van der Waals surface area contributed by atoms with Crippen LogP contribution in [0.25, 0.3) is 11.0 Å². The van der Waals surface area contributed by atoms with E-state index in [1.54, 1.807) is 24.3 Å². The maximum atomic E-state index is 12.6. The summed E-state index contributed by atoms with van der Waals surface area (Å²) in [6, 6.07) is 5.54. The highest BCUT2D eigenvalue weighted by molar-refractivity contribution is 5.97. The van der Waals surface area contributed by atoms with Crippen molar-refractivity contribution in [3.05, 3.63) is 47.2 Å². The quantitative estimate of drug-likeness (QED) is 0.155. The maximum absolute atomic E-state index is 12.6. The van der Waals surface area contributed by atoms with Gasteiger partial charge in [0.1, 0.15) is 17.5 Å². The molecule has 186 valence electrons. The van der Waals surface area contributed by atoms with E-state index >= 15 is 0 Å². The van der Waals surface area contributed by atoms with Crippen LogP contribution in [-0.4, -0.2) is 64.5 Å². The summed E-state index contributed by atoms with van der Waals surface area (Å²) >= 11 is 0. The number of nitrogen functional groups attached to an aromatic ring is 2. The van der Waals surface area contributed by atoms with E-state index in [0.29, 0.717) is 29.9 Å². The highest BCUT2D eigenvalue weighted by Crippen LogP contribution is 2.24. The number of aromatic nitrogens is 7. The van der Waals surface area contributed by atoms with Crippen molar-refractivity contribution < 1.29 is 19.5 Å². The molecule has 2 amide bonds. The second-order valence-corrected chi connectivity index (χ2v) is 7.89. The zero-order chi connectivity index (χ0) is 25.7. The number of hydrogen-bond acceptors (Lipinski definition) is 10. The smallest absolute Gasteiger partial charge is 0.326 e. The van der Waals surface area contributed by atoms with Gasteiger partial charge in [0.15, 0.2) is 0 Å². The molecule has 1 aromatic carbocycles. The molecule has 0 saturated carbocycles. The van der Waals surface area contributed by atoms with E-state index in [0.717, 1.165) is 16.5 Å². The van der Waals surface area contributed by atoms with Crippen LogP contribution in [0.3, 0.4) is 0 Å². The number of fused-ring (bicyclic) bond motifs is 1. The van der Waals surface area contributed by atoms with Gasteiger partial charge in [-0.05, 0) is 47.7 Å². The van der Waals surface area contributed by atoms with Crippen molar-refractivity contribution in [1.29, 1.82) is 0 Å². The predicted octanol–water partition coefficient (Wildman–Crippen LogP) is 0.0225. The summed E-state index contributed by atoms with van der Waals surface area (Å²) in [6.07, 6.45) is 2.83. The number of hydrogen-bond donors (Lipinski definition) is 7. The molecule has 0 saturated heterocycles. The van der Waals surface area contributed by atoms with Crippen molar-refractivity contribution in [2.75, 3.05) is 16.8 Å². The number of carbonyl (C=O) groups is 3. The molecule has 0 aliphatic rings. The van der Waals surface area contributed by atoms with Gasteiger partial charge in [0.25, 0.3) is 11.9 Å². The number of carboxylic acids is 1. The van der Waals surface area contributed by atoms with Crippen LogP contribution in [-0.2, 0) is 22.4 Å². The fraction of sp³-hybridized carbons (Fsp3) is 0.238. The van der Waals surface area contributed by atoms with Crippen molar-refractivity contribution in [2.24, 2.45) is 0 Å². The van der Waals surface area contributed by atoms with Crippen LogP contribution in [0.2, 0.25) is 0 Å². The Bertz CT molecular complexity index is 1380. The lowest BCUT2D eigenvalue weighted by Crippen LogP contribution is -2.41. The third-order valence-corrected chi connectivity index (χ3v) is 5.42. The summed E-state index contributed by atoms with van der Waals surface area (Å²) in [5.41, 5.74) is 14.4. The van der Waals surface area contributed by atoms with Gasteiger partial charge in [-0.25, -0.2) is 4.79 Å². The van der Waals surface area contributed by atoms with Gasteiger partial charge in [-0.3, -0.25) is 14.9 Å². The van der Waals surface area contributed by atoms with Gasteiger partial charge >= 0.3 is 5.97 Å². The molecule has 1 atom stereocenters. The van der Waals surface area contributed by atoms with Crippen LogP contribution in [0.1, 0.15) is 34.3 Å². The number of aryl methyl sites for hydroxylation is 2. The van der Waals surface area contributed by atoms with Crippen LogP contribution in [0.4, 0.5) is 17.7 Å². The normalized spacial score (nSPS) is 11.8. The number of aliphatic carboxylic acids is 1. The van der Waals surface area contributed by atoms with Gasteiger partial charge in [-0.2, -0.15) is 15.2 Å². The SMILES string of the molecule is Nc1nc(N)c2c(CCc3ccc(C(=O)N[C@H](CCC(=O)Nc4nn[nH]n4)C(=O)O)cc3)c[nH]c2n1. The van der Waals surface area contributed by atoms with Crippen molar-refractivity contribution >= 4 is 46.5 Å². The molecule has 0 aliphatic carbocycles. The second-order valence-electron chi connectivity index (χ2n) is 7.89. The molecule has 0 fully saturated rings. The standard InChI is InChI=1S/C21H23N11O4/c22-16-15-12(9-24-17(15)28-20(23)27-16)6-3-10-1-4-11(5-2-10)18(34)25-13(19(35)36)7-8-14(33)26-21-29-31-32-30-21/h1-2,4-5,9,13H,3,6-8H2,(H,25,34)(H,35,36)(H5,22,23,24,27,28)(H2,26,29,30,31,32,33)/t13-/m1/s1. The second kappa shape index (κ2) is 10.5. The monoisotopic (exact) mass is 493 g/mol. The van der Waals surface area contributed by atoms with Crippen molar-refractivity contribution in [3.63, 3.8) is 0 Å². The van der Waals surface area contributed by atoms with Crippen molar-refractivity contribution in [3.8, 4) is 0 Å². The average molecular weight is 493 g/mol. The molecule has 0 spiro atoms. The minimum Gasteiger partial charge on any atom is -0.480 e. The molecule has 0 bridgehead atoms. The first-order chi connectivity index (χ1) is 17.3. The number of nitrogens with one attached hydrogen (secondary N) is 4. The number of H-pyrrole nitrogens is 2. The molecule has 36 heavy (non-hydrogen) atoms. The molecule has 15 nitrogen and oxygen atoms in total. The number of tetrazole rings is 1. The van der Waals surface area contributed by atoms with E-state index in [9.17, 15) is 19.5 Å². The number of nitrogens with zero attached hydrogens (tertiary/aromatic N) is 5. The Morgan fingerprint density at radius 2 is 1.86 bits per heavy atom. The number of rotatable bonds is 10. The molecule has 0 radical (unpaired) electrons. The molecule has 0 unspecified atom stereocenters. The summed E-state index contributed by atoms with van der Waals surface area (Å²) in [5, 5.41) is 27.6. The van der Waals surface area contributed by atoms with Crippen molar-refractivity contribution in [2.45, 2.75) is 31.7 Å². The van der Waals surface area contributed by atoms with E-state index in [4.69, 9.17) is 11.5 Å². The Labute approximate surface area is 203 Å². The Kier molecular flexibility index (Phi) is 6.99. The lowest BCUT2D eigenvalue weighted by molar-refractivity contribution is -0.139. The highest BCUT2D eigenvalue weighted by Gasteiger charge is 2.22. The number of anilines is 3. The lowest BCUT2D eigenvalue weighted by Gasteiger charge is -2.14. The van der Waals surface area contributed by atoms with E-state index in [1.165, 1.54) is 0 Å². The van der Waals surface area contributed by atoms with E-state index in [1.807, 2.05) is 6.20 Å². The first-order valence-corrected chi connectivity index (χ1v) is 10.8. The molecule has 4 aromatic rings. The number of aromatic amines is 2. The summed E-state index contributed by atoms with van der Waals surface area (Å²) in [4.78, 5) is 47.2. The van der Waals surface area contributed by atoms with Gasteiger partial charge in [0.05, 0.1) is 5.39 Å². The number of benzene rings is 1. The topological polar surface area (TPSA) is 244 Å². The van der Waals surface area contributed by atoms with Crippen LogP contribution in [0.15, 0.2) is 30.5 Å². The van der Waals surface area contributed by atoms with Gasteiger partial charge in [-0.1, -0.05) is 17.2 Å². The Hall–Kier alpha value is -5.08. The van der Waals surface area contributed by atoms with E-state index in [2.05, 4.69) is 46.2 Å². The number of carbonyl (C=O) groups excluding carboxylic acids is 2. The molecular formula is C21H23N11O4. The summed E-state index contributed by atoms with van der Waals surface area (Å²) in [6.45, 7) is 0. The largest absolute Gasteiger partial charge is 0.480 e. The Balaban J connectivity index is 1.32. The highest BCUT2D eigenvalue weighted by atomic mass is 16.4. The summed E-state index contributed by atoms with van der Waals surface area (Å²) in [5.74, 6) is -1.95. The van der Waals surface area contributed by atoms with Gasteiger partial charge in [-0.15, -0.1) is 5.10 Å². The minimum atomic E-state index is -1.25.